The molecule has 2 rings (SSSR count). The lowest BCUT2D eigenvalue weighted by Gasteiger charge is -2.11. The molecule has 2 heterocycles. The molecule has 8 nitrogen and oxygen atoms in total. The number of aromatic nitrogens is 6. The summed E-state index contributed by atoms with van der Waals surface area (Å²) in [5.74, 6) is 0.330. The average molecular weight is 354 g/mol. The van der Waals surface area contributed by atoms with Crippen LogP contribution in [0.3, 0.4) is 0 Å². The van der Waals surface area contributed by atoms with E-state index >= 15 is 0 Å². The van der Waals surface area contributed by atoms with Crippen LogP contribution < -0.4 is 10.9 Å². The Morgan fingerprint density at radius 3 is 2.80 bits per heavy atom. The Morgan fingerprint density at radius 2 is 2.20 bits per heavy atom. The monoisotopic (exact) mass is 353 g/mol. The summed E-state index contributed by atoms with van der Waals surface area (Å²) >= 11 is 2.94. The molecule has 0 amide bonds. The van der Waals surface area contributed by atoms with Gasteiger partial charge in [0.2, 0.25) is 0 Å². The number of halogens is 4. The molecule has 0 aliphatic carbocycles. The highest BCUT2D eigenvalue weighted by molar-refractivity contribution is 9.10. The van der Waals surface area contributed by atoms with Crippen LogP contribution in [0.2, 0.25) is 0 Å². The number of anilines is 1. The van der Waals surface area contributed by atoms with Crippen LogP contribution in [0, 0.1) is 0 Å². The first-order valence-corrected chi connectivity index (χ1v) is 5.94. The van der Waals surface area contributed by atoms with Crippen LogP contribution in [-0.2, 0) is 13.1 Å². The van der Waals surface area contributed by atoms with Gasteiger partial charge in [-0.15, -0.1) is 10.2 Å². The van der Waals surface area contributed by atoms with Crippen molar-refractivity contribution in [2.45, 2.75) is 19.3 Å². The maximum atomic E-state index is 12.2. The topological polar surface area (TPSA) is 101 Å². The van der Waals surface area contributed by atoms with Crippen molar-refractivity contribution in [1.29, 1.82) is 0 Å². The summed E-state index contributed by atoms with van der Waals surface area (Å²) in [6.45, 7) is -1.31. The second-order valence-electron chi connectivity index (χ2n) is 3.63. The summed E-state index contributed by atoms with van der Waals surface area (Å²) in [4.78, 5) is 11.7. The summed E-state index contributed by atoms with van der Waals surface area (Å²) in [6.07, 6.45) is -3.41. The number of rotatable bonds is 4. The normalized spacial score (nSPS) is 11.6. The van der Waals surface area contributed by atoms with Crippen LogP contribution in [0.5, 0.6) is 0 Å². The van der Waals surface area contributed by atoms with Crippen molar-refractivity contribution in [1.82, 2.24) is 30.4 Å². The lowest BCUT2D eigenvalue weighted by atomic mass is 10.4. The Hall–Kier alpha value is -1.98. The van der Waals surface area contributed by atoms with Gasteiger partial charge in [0.25, 0.3) is 5.56 Å². The van der Waals surface area contributed by atoms with Crippen LogP contribution >= 0.6 is 15.9 Å². The summed E-state index contributed by atoms with van der Waals surface area (Å²) < 4.78 is 37.0. The molecule has 0 aromatic carbocycles. The predicted molar refractivity (Wildman–Crippen MR) is 63.8 cm³/mol. The van der Waals surface area contributed by atoms with Crippen molar-refractivity contribution in [3.63, 3.8) is 0 Å². The van der Waals surface area contributed by atoms with E-state index in [0.29, 0.717) is 10.5 Å². The summed E-state index contributed by atoms with van der Waals surface area (Å²) in [5, 5.41) is 19.1. The number of nitrogens with one attached hydrogen (secondary N) is 2. The first kappa shape index (κ1) is 14.4. The van der Waals surface area contributed by atoms with E-state index in [-0.39, 0.29) is 16.7 Å². The second kappa shape index (κ2) is 5.56. The number of nitrogens with zero attached hydrogens (tertiary/aromatic N) is 5. The molecule has 108 valence electrons. The van der Waals surface area contributed by atoms with Crippen LogP contribution in [0.1, 0.15) is 5.82 Å². The number of aromatic amines is 1. The standard InChI is InChI=1S/C8H7BrF3N7O/c9-6-4(13-2-5-15-17-18-16-5)1-14-19(7(6)20)3-8(10,11)12/h1,13H,2-3H2,(H,15,16,17,18). The Labute approximate surface area is 117 Å². The number of alkyl halides is 3. The maximum Gasteiger partial charge on any atom is 0.408 e. The van der Waals surface area contributed by atoms with Gasteiger partial charge < -0.3 is 5.32 Å². The molecule has 0 unspecified atom stereocenters. The zero-order valence-corrected chi connectivity index (χ0v) is 11.2. The number of tetrazole rings is 1. The molecule has 20 heavy (non-hydrogen) atoms. The third-order valence-electron chi connectivity index (χ3n) is 2.14. The van der Waals surface area contributed by atoms with Crippen molar-refractivity contribution < 1.29 is 13.2 Å². The Balaban J connectivity index is 2.16. The van der Waals surface area contributed by atoms with Gasteiger partial charge in [0.05, 0.1) is 18.4 Å². The highest BCUT2D eigenvalue weighted by Gasteiger charge is 2.29. The van der Waals surface area contributed by atoms with Crippen molar-refractivity contribution in [3.8, 4) is 0 Å². The highest BCUT2D eigenvalue weighted by atomic mass is 79.9. The van der Waals surface area contributed by atoms with E-state index in [4.69, 9.17) is 0 Å². The quantitative estimate of drug-likeness (QED) is 0.838. The zero-order valence-electron chi connectivity index (χ0n) is 9.65. The molecule has 0 saturated carbocycles. The molecular formula is C8H7BrF3N7O. The summed E-state index contributed by atoms with van der Waals surface area (Å²) in [7, 11) is 0. The molecule has 0 saturated heterocycles. The first-order valence-electron chi connectivity index (χ1n) is 5.15. The lowest BCUT2D eigenvalue weighted by Crippen LogP contribution is -2.31. The van der Waals surface area contributed by atoms with Gasteiger partial charge in [0.15, 0.2) is 5.82 Å². The third-order valence-corrected chi connectivity index (χ3v) is 2.91. The minimum Gasteiger partial charge on any atom is -0.375 e. The number of hydrogen-bond donors (Lipinski definition) is 2. The van der Waals surface area contributed by atoms with Gasteiger partial charge in [-0.3, -0.25) is 4.79 Å². The van der Waals surface area contributed by atoms with Gasteiger partial charge in [0.1, 0.15) is 11.0 Å². The van der Waals surface area contributed by atoms with Crippen LogP contribution in [0.25, 0.3) is 0 Å². The van der Waals surface area contributed by atoms with Crippen LogP contribution in [0.15, 0.2) is 15.5 Å². The van der Waals surface area contributed by atoms with Crippen LogP contribution in [-0.4, -0.2) is 36.6 Å². The molecule has 0 spiro atoms. The molecule has 0 bridgehead atoms. The Bertz CT molecular complexity index is 639. The lowest BCUT2D eigenvalue weighted by molar-refractivity contribution is -0.143. The smallest absolute Gasteiger partial charge is 0.375 e. The largest absolute Gasteiger partial charge is 0.408 e. The SMILES string of the molecule is O=c1c(Br)c(NCc2nn[nH]n2)cnn1CC(F)(F)F. The Morgan fingerprint density at radius 1 is 1.45 bits per heavy atom. The number of hydrogen-bond acceptors (Lipinski definition) is 6. The first-order chi connectivity index (χ1) is 9.37. The van der Waals surface area contributed by atoms with E-state index < -0.39 is 18.3 Å². The van der Waals surface area contributed by atoms with E-state index in [2.05, 4.69) is 47.0 Å². The third kappa shape index (κ3) is 3.53. The fourth-order valence-corrected chi connectivity index (χ4v) is 1.75. The minimum atomic E-state index is -4.52. The maximum absolute atomic E-state index is 12.2. The molecular weight excluding hydrogens is 347 g/mol. The van der Waals surface area contributed by atoms with Crippen molar-refractivity contribution >= 4 is 21.6 Å². The van der Waals surface area contributed by atoms with E-state index in [1.54, 1.807) is 0 Å². The minimum absolute atomic E-state index is 0.0553. The fourth-order valence-electron chi connectivity index (χ4n) is 1.30. The number of H-pyrrole nitrogens is 1. The van der Waals surface area contributed by atoms with Crippen molar-refractivity contribution in [2.24, 2.45) is 0 Å². The van der Waals surface area contributed by atoms with Gasteiger partial charge in [-0.2, -0.15) is 23.5 Å². The van der Waals surface area contributed by atoms with Gasteiger partial charge in [-0.25, -0.2) is 4.68 Å². The molecule has 2 aromatic rings. The van der Waals surface area contributed by atoms with Gasteiger partial charge >= 0.3 is 6.18 Å². The Kier molecular flexibility index (Phi) is 4.01. The molecule has 0 aliphatic rings. The van der Waals surface area contributed by atoms with E-state index in [1.807, 2.05) is 0 Å². The van der Waals surface area contributed by atoms with E-state index in [9.17, 15) is 18.0 Å². The molecule has 2 N–H and O–H groups in total. The van der Waals surface area contributed by atoms with E-state index in [0.717, 1.165) is 6.20 Å². The fraction of sp³-hybridized carbons (Fsp3) is 0.375. The zero-order chi connectivity index (χ0) is 14.8. The van der Waals surface area contributed by atoms with Gasteiger partial charge in [-0.05, 0) is 15.9 Å². The van der Waals surface area contributed by atoms with Crippen LogP contribution in [0.4, 0.5) is 18.9 Å². The molecule has 2 aromatic heterocycles. The average Bonchev–Trinajstić information content (AvgIpc) is 2.86. The molecule has 0 radical (unpaired) electrons. The molecule has 12 heteroatoms. The molecule has 0 aliphatic heterocycles. The highest BCUT2D eigenvalue weighted by Crippen LogP contribution is 2.19. The van der Waals surface area contributed by atoms with Gasteiger partial charge in [-0.1, -0.05) is 5.21 Å². The van der Waals surface area contributed by atoms with Crippen molar-refractivity contribution in [3.05, 3.63) is 26.8 Å². The van der Waals surface area contributed by atoms with Gasteiger partial charge in [0, 0.05) is 0 Å². The molecule has 0 fully saturated rings. The van der Waals surface area contributed by atoms with Crippen molar-refractivity contribution in [2.75, 3.05) is 5.32 Å². The summed E-state index contributed by atoms with van der Waals surface area (Å²) in [6, 6.07) is 0. The van der Waals surface area contributed by atoms with E-state index in [1.165, 1.54) is 0 Å². The molecule has 0 atom stereocenters. The summed E-state index contributed by atoms with van der Waals surface area (Å²) in [5.41, 5.74) is -0.654. The second-order valence-corrected chi connectivity index (χ2v) is 4.42. The predicted octanol–water partition coefficient (Wildman–Crippen LogP) is 0.693.